The topological polar surface area (TPSA) is 58.6 Å². The summed E-state index contributed by atoms with van der Waals surface area (Å²) >= 11 is 0. The second-order valence-electron chi connectivity index (χ2n) is 9.10. The molecular formula is C34H29NO3. The van der Waals surface area contributed by atoms with Gasteiger partial charge in [0.2, 0.25) is 0 Å². The first kappa shape index (κ1) is 24.8. The number of carboxylic acid groups (broad SMARTS) is 1. The number of hydrogen-bond donors (Lipinski definition) is 2. The maximum atomic E-state index is 11.2. The average Bonchev–Trinajstić information content (AvgIpc) is 2.97. The second-order valence-corrected chi connectivity index (χ2v) is 9.10. The highest BCUT2D eigenvalue weighted by Crippen LogP contribution is 2.26. The summed E-state index contributed by atoms with van der Waals surface area (Å²) in [5.74, 6) is -0.0532. The van der Waals surface area contributed by atoms with Gasteiger partial charge in [0.25, 0.3) is 0 Å². The molecule has 0 spiro atoms. The summed E-state index contributed by atoms with van der Waals surface area (Å²) in [6, 6.07) is 40.0. The quantitative estimate of drug-likeness (QED) is 0.203. The number of hydrogen-bond acceptors (Lipinski definition) is 3. The number of carbonyl (C=O) groups is 1. The third-order valence-electron chi connectivity index (χ3n) is 6.47. The number of benzene rings is 5. The van der Waals surface area contributed by atoms with Crippen LogP contribution >= 0.6 is 0 Å². The van der Waals surface area contributed by atoms with Crippen LogP contribution in [0, 0.1) is 0 Å². The first-order chi connectivity index (χ1) is 18.7. The summed E-state index contributed by atoms with van der Waals surface area (Å²) in [4.78, 5) is 11.2. The molecule has 38 heavy (non-hydrogen) atoms. The maximum Gasteiger partial charge on any atom is 0.335 e. The number of rotatable bonds is 10. The van der Waals surface area contributed by atoms with Gasteiger partial charge in [0.05, 0.1) is 12.2 Å². The molecule has 0 aromatic heterocycles. The van der Waals surface area contributed by atoms with Crippen LogP contribution in [-0.4, -0.2) is 24.2 Å². The molecule has 188 valence electrons. The Balaban J connectivity index is 1.29. The van der Waals surface area contributed by atoms with E-state index in [4.69, 9.17) is 4.74 Å². The van der Waals surface area contributed by atoms with Crippen molar-refractivity contribution in [2.24, 2.45) is 0 Å². The Kier molecular flexibility index (Phi) is 7.80. The lowest BCUT2D eigenvalue weighted by Crippen LogP contribution is -2.08. The number of nitrogens with one attached hydrogen (secondary N) is 1. The molecule has 0 atom stereocenters. The molecule has 0 saturated carbocycles. The minimum Gasteiger partial charge on any atom is -0.493 e. The van der Waals surface area contributed by atoms with E-state index >= 15 is 0 Å². The van der Waals surface area contributed by atoms with Crippen molar-refractivity contribution in [2.45, 2.75) is 6.42 Å². The fourth-order valence-corrected chi connectivity index (χ4v) is 4.41. The van der Waals surface area contributed by atoms with Crippen LogP contribution in [0.2, 0.25) is 0 Å². The van der Waals surface area contributed by atoms with Gasteiger partial charge in [0, 0.05) is 24.0 Å². The highest BCUT2D eigenvalue weighted by Gasteiger charge is 2.06. The van der Waals surface area contributed by atoms with Crippen molar-refractivity contribution < 1.29 is 14.6 Å². The first-order valence-electron chi connectivity index (χ1n) is 12.7. The molecule has 0 fully saturated rings. The lowest BCUT2D eigenvalue weighted by atomic mass is 10.0. The number of anilines is 1. The van der Waals surface area contributed by atoms with E-state index in [0.29, 0.717) is 13.2 Å². The molecule has 0 saturated heterocycles. The average molecular weight is 500 g/mol. The maximum absolute atomic E-state index is 11.2. The second kappa shape index (κ2) is 11.9. The van der Waals surface area contributed by atoms with Gasteiger partial charge in [-0.3, -0.25) is 0 Å². The van der Waals surface area contributed by atoms with E-state index in [0.717, 1.165) is 39.8 Å². The third kappa shape index (κ3) is 6.29. The summed E-state index contributed by atoms with van der Waals surface area (Å²) in [6.45, 7) is 1.17. The Morgan fingerprint density at radius 3 is 2.18 bits per heavy atom. The van der Waals surface area contributed by atoms with Gasteiger partial charge in [-0.15, -0.1) is 0 Å². The summed E-state index contributed by atoms with van der Waals surface area (Å²) in [7, 11) is 0. The fraction of sp³-hybridized carbons (Fsp3) is 0.0882. The van der Waals surface area contributed by atoms with Gasteiger partial charge < -0.3 is 15.2 Å². The van der Waals surface area contributed by atoms with Crippen molar-refractivity contribution in [3.63, 3.8) is 0 Å². The molecule has 0 aliphatic rings. The van der Waals surface area contributed by atoms with Crippen molar-refractivity contribution in [2.75, 3.05) is 18.5 Å². The molecular weight excluding hydrogens is 470 g/mol. The van der Waals surface area contributed by atoms with Crippen LogP contribution in [0.3, 0.4) is 0 Å². The fourth-order valence-electron chi connectivity index (χ4n) is 4.41. The van der Waals surface area contributed by atoms with Gasteiger partial charge in [-0.2, -0.15) is 0 Å². The molecule has 5 aromatic rings. The zero-order chi connectivity index (χ0) is 26.2. The van der Waals surface area contributed by atoms with Crippen molar-refractivity contribution in [3.05, 3.63) is 138 Å². The van der Waals surface area contributed by atoms with Crippen molar-refractivity contribution in [3.8, 4) is 16.9 Å². The molecule has 0 unspecified atom stereocenters. The number of aromatic carboxylic acids is 1. The largest absolute Gasteiger partial charge is 0.493 e. The van der Waals surface area contributed by atoms with Crippen LogP contribution in [-0.2, 0) is 0 Å². The van der Waals surface area contributed by atoms with E-state index in [1.807, 2.05) is 54.6 Å². The molecule has 0 bridgehead atoms. The van der Waals surface area contributed by atoms with Crippen LogP contribution < -0.4 is 10.1 Å². The highest BCUT2D eigenvalue weighted by atomic mass is 16.5. The van der Waals surface area contributed by atoms with E-state index in [1.165, 1.54) is 11.1 Å². The lowest BCUT2D eigenvalue weighted by Gasteiger charge is -2.14. The van der Waals surface area contributed by atoms with Gasteiger partial charge in [-0.05, 0) is 58.0 Å². The van der Waals surface area contributed by atoms with Crippen LogP contribution in [0.15, 0.2) is 127 Å². The number of ether oxygens (including phenoxy) is 1. The van der Waals surface area contributed by atoms with E-state index in [9.17, 15) is 9.90 Å². The van der Waals surface area contributed by atoms with Crippen LogP contribution in [0.4, 0.5) is 5.69 Å². The molecule has 0 radical (unpaired) electrons. The Labute approximate surface area is 222 Å². The molecule has 0 aliphatic heterocycles. The van der Waals surface area contributed by atoms with E-state index in [2.05, 4.69) is 66.0 Å². The third-order valence-corrected chi connectivity index (χ3v) is 6.47. The van der Waals surface area contributed by atoms with E-state index in [-0.39, 0.29) is 5.56 Å². The zero-order valence-corrected chi connectivity index (χ0v) is 21.0. The van der Waals surface area contributed by atoms with Crippen LogP contribution in [0.1, 0.15) is 22.3 Å². The summed E-state index contributed by atoms with van der Waals surface area (Å²) in [6.07, 6.45) is 2.82. The number of carboxylic acids is 1. The Hall–Kier alpha value is -4.83. The van der Waals surface area contributed by atoms with Crippen molar-refractivity contribution in [1.29, 1.82) is 0 Å². The predicted octanol–water partition coefficient (Wildman–Crippen LogP) is 8.17. The number of fused-ring (bicyclic) bond motifs is 1. The van der Waals surface area contributed by atoms with E-state index < -0.39 is 5.97 Å². The highest BCUT2D eigenvalue weighted by molar-refractivity contribution is 5.88. The first-order valence-corrected chi connectivity index (χ1v) is 12.7. The van der Waals surface area contributed by atoms with Crippen molar-refractivity contribution in [1.82, 2.24) is 0 Å². The van der Waals surface area contributed by atoms with Crippen LogP contribution in [0.5, 0.6) is 5.75 Å². The van der Waals surface area contributed by atoms with Gasteiger partial charge in [-0.1, -0.05) is 97.1 Å². The van der Waals surface area contributed by atoms with E-state index in [1.54, 1.807) is 12.1 Å². The van der Waals surface area contributed by atoms with Gasteiger partial charge in [0.15, 0.2) is 0 Å². The van der Waals surface area contributed by atoms with Crippen molar-refractivity contribution >= 4 is 28.5 Å². The lowest BCUT2D eigenvalue weighted by molar-refractivity contribution is 0.0697. The monoisotopic (exact) mass is 499 g/mol. The van der Waals surface area contributed by atoms with Crippen LogP contribution in [0.25, 0.3) is 28.0 Å². The Morgan fingerprint density at radius 1 is 0.737 bits per heavy atom. The SMILES string of the molecule is O=C(O)c1ccc(C=C(CCOc2cccc3ccccc23)CNc2ccc(-c3ccccc3)cc2)cc1. The molecule has 4 nitrogen and oxygen atoms in total. The summed E-state index contributed by atoms with van der Waals surface area (Å²) in [5.41, 5.74) is 5.78. The molecule has 4 heteroatoms. The van der Waals surface area contributed by atoms with Gasteiger partial charge in [0.1, 0.15) is 5.75 Å². The van der Waals surface area contributed by atoms with Gasteiger partial charge in [-0.25, -0.2) is 4.79 Å². The molecule has 2 N–H and O–H groups in total. The standard InChI is InChI=1S/C34H29NO3/c36-34(37)30-15-13-25(14-16-30)23-26(21-22-38-33-12-6-10-29-9-4-5-11-32(29)33)24-35-31-19-17-28(18-20-31)27-7-2-1-3-8-27/h1-20,23,35H,21-22,24H2,(H,36,37). The molecule has 0 amide bonds. The Bertz CT molecular complexity index is 1530. The molecule has 5 aromatic carbocycles. The Morgan fingerprint density at radius 2 is 1.42 bits per heavy atom. The zero-order valence-electron chi connectivity index (χ0n) is 21.0. The predicted molar refractivity (Wildman–Crippen MR) is 156 cm³/mol. The molecule has 0 aliphatic carbocycles. The van der Waals surface area contributed by atoms with Gasteiger partial charge >= 0.3 is 5.97 Å². The molecule has 0 heterocycles. The normalized spacial score (nSPS) is 11.3. The molecule has 5 rings (SSSR count). The summed E-state index contributed by atoms with van der Waals surface area (Å²) in [5, 5.41) is 15.0. The summed E-state index contributed by atoms with van der Waals surface area (Å²) < 4.78 is 6.21. The minimum atomic E-state index is -0.926. The minimum absolute atomic E-state index is 0.277. The smallest absolute Gasteiger partial charge is 0.335 e.